The summed E-state index contributed by atoms with van der Waals surface area (Å²) in [5.41, 5.74) is 2.54. The number of benzene rings is 2. The maximum absolute atomic E-state index is 12.4. The summed E-state index contributed by atoms with van der Waals surface area (Å²) in [4.78, 5) is 32.2. The van der Waals surface area contributed by atoms with Crippen molar-refractivity contribution in [3.8, 4) is 0 Å². The largest absolute Gasteiger partial charge is 0.348 e. The van der Waals surface area contributed by atoms with Gasteiger partial charge in [0, 0.05) is 23.6 Å². The van der Waals surface area contributed by atoms with Crippen molar-refractivity contribution < 1.29 is 9.59 Å². The number of ketones is 1. The van der Waals surface area contributed by atoms with Gasteiger partial charge in [-0.05, 0) is 31.5 Å². The molecule has 6 nitrogen and oxygen atoms in total. The molecule has 3 rings (SSSR count). The molecule has 0 spiro atoms. The topological polar surface area (TPSA) is 84.0 Å². The van der Waals surface area contributed by atoms with E-state index < -0.39 is 0 Å². The van der Waals surface area contributed by atoms with E-state index in [1.165, 1.54) is 19.3 Å². The molecule has 1 amide bonds. The molecule has 1 unspecified atom stereocenters. The standard InChI is InChI=1S/C21H20N4O2/c1-14(16-7-4-3-5-8-16)24-21-22-12-18(13-23-21)20(27)25-19-10-6-9-17(11-19)15(2)26/h3-14H,1-2H3,(H,25,27)(H,22,23,24). The molecule has 0 bridgehead atoms. The van der Waals surface area contributed by atoms with E-state index in [1.54, 1.807) is 24.3 Å². The number of rotatable bonds is 6. The first-order valence-electron chi connectivity index (χ1n) is 8.59. The van der Waals surface area contributed by atoms with Crippen LogP contribution in [0, 0.1) is 0 Å². The minimum atomic E-state index is -0.335. The van der Waals surface area contributed by atoms with E-state index in [0.717, 1.165) is 5.56 Å². The number of hydrogen-bond acceptors (Lipinski definition) is 5. The zero-order chi connectivity index (χ0) is 19.2. The Morgan fingerprint density at radius 2 is 1.63 bits per heavy atom. The molecule has 0 saturated carbocycles. The van der Waals surface area contributed by atoms with Crippen LogP contribution >= 0.6 is 0 Å². The summed E-state index contributed by atoms with van der Waals surface area (Å²) in [6, 6.07) is 16.8. The fourth-order valence-electron chi connectivity index (χ4n) is 2.56. The molecule has 136 valence electrons. The number of aromatic nitrogens is 2. The number of Topliss-reactive ketones (excluding diaryl/α,β-unsaturated/α-hetero) is 1. The summed E-state index contributed by atoms with van der Waals surface area (Å²) in [6.07, 6.45) is 2.94. The summed E-state index contributed by atoms with van der Waals surface area (Å²) >= 11 is 0. The summed E-state index contributed by atoms with van der Waals surface area (Å²) in [6.45, 7) is 3.50. The third-order valence-electron chi connectivity index (χ3n) is 4.09. The highest BCUT2D eigenvalue weighted by Gasteiger charge is 2.10. The van der Waals surface area contributed by atoms with Crippen LogP contribution in [0.25, 0.3) is 0 Å². The second-order valence-corrected chi connectivity index (χ2v) is 6.16. The van der Waals surface area contributed by atoms with Crippen molar-refractivity contribution in [2.45, 2.75) is 19.9 Å². The molecule has 0 aliphatic rings. The zero-order valence-corrected chi connectivity index (χ0v) is 15.1. The number of carbonyl (C=O) groups is 2. The van der Waals surface area contributed by atoms with Gasteiger partial charge in [-0.3, -0.25) is 9.59 Å². The van der Waals surface area contributed by atoms with Gasteiger partial charge in [-0.2, -0.15) is 0 Å². The monoisotopic (exact) mass is 360 g/mol. The first-order valence-corrected chi connectivity index (χ1v) is 8.59. The Hall–Kier alpha value is -3.54. The number of anilines is 2. The fourth-order valence-corrected chi connectivity index (χ4v) is 2.56. The molecular weight excluding hydrogens is 340 g/mol. The molecule has 2 aromatic carbocycles. The molecule has 1 aromatic heterocycles. The van der Waals surface area contributed by atoms with Crippen LogP contribution in [0.4, 0.5) is 11.6 Å². The number of carbonyl (C=O) groups excluding carboxylic acids is 2. The van der Waals surface area contributed by atoms with Crippen LogP contribution < -0.4 is 10.6 Å². The third kappa shape index (κ3) is 4.76. The molecule has 0 aliphatic heterocycles. The second kappa shape index (κ2) is 8.23. The summed E-state index contributed by atoms with van der Waals surface area (Å²) in [5, 5.41) is 5.95. The average Bonchev–Trinajstić information content (AvgIpc) is 2.69. The van der Waals surface area contributed by atoms with Gasteiger partial charge in [0.25, 0.3) is 5.91 Å². The van der Waals surface area contributed by atoms with E-state index in [0.29, 0.717) is 22.8 Å². The minimum Gasteiger partial charge on any atom is -0.348 e. The minimum absolute atomic E-state index is 0.0418. The van der Waals surface area contributed by atoms with Crippen molar-refractivity contribution in [2.24, 2.45) is 0 Å². The molecule has 0 fully saturated rings. The van der Waals surface area contributed by atoms with Crippen LogP contribution in [0.2, 0.25) is 0 Å². The van der Waals surface area contributed by atoms with Crippen molar-refractivity contribution >= 4 is 23.3 Å². The van der Waals surface area contributed by atoms with Gasteiger partial charge in [-0.1, -0.05) is 42.5 Å². The van der Waals surface area contributed by atoms with E-state index in [-0.39, 0.29) is 17.7 Å². The Labute approximate surface area is 157 Å². The Kier molecular flexibility index (Phi) is 5.56. The molecule has 27 heavy (non-hydrogen) atoms. The van der Waals surface area contributed by atoms with Crippen molar-refractivity contribution in [1.82, 2.24) is 9.97 Å². The quantitative estimate of drug-likeness (QED) is 0.647. The molecule has 6 heteroatoms. The fraction of sp³-hybridized carbons (Fsp3) is 0.143. The maximum atomic E-state index is 12.4. The second-order valence-electron chi connectivity index (χ2n) is 6.16. The summed E-state index contributed by atoms with van der Waals surface area (Å²) < 4.78 is 0. The number of hydrogen-bond donors (Lipinski definition) is 2. The zero-order valence-electron chi connectivity index (χ0n) is 15.1. The maximum Gasteiger partial charge on any atom is 0.258 e. The van der Waals surface area contributed by atoms with Gasteiger partial charge in [0.1, 0.15) is 0 Å². The molecule has 1 heterocycles. The Bertz CT molecular complexity index is 940. The molecule has 3 aromatic rings. The van der Waals surface area contributed by atoms with Crippen molar-refractivity contribution in [2.75, 3.05) is 10.6 Å². The van der Waals surface area contributed by atoms with Gasteiger partial charge >= 0.3 is 0 Å². The molecule has 1 atom stereocenters. The molecular formula is C21H20N4O2. The van der Waals surface area contributed by atoms with Crippen molar-refractivity contribution in [3.63, 3.8) is 0 Å². The highest BCUT2D eigenvalue weighted by Crippen LogP contribution is 2.16. The summed E-state index contributed by atoms with van der Waals surface area (Å²) in [5.74, 6) is 0.0530. The Morgan fingerprint density at radius 3 is 2.30 bits per heavy atom. The third-order valence-corrected chi connectivity index (χ3v) is 4.09. The lowest BCUT2D eigenvalue weighted by molar-refractivity contribution is 0.101. The van der Waals surface area contributed by atoms with Crippen LogP contribution in [0.5, 0.6) is 0 Å². The van der Waals surface area contributed by atoms with Gasteiger partial charge in [-0.15, -0.1) is 0 Å². The molecule has 0 aliphatic carbocycles. The van der Waals surface area contributed by atoms with Crippen LogP contribution in [0.3, 0.4) is 0 Å². The van der Waals surface area contributed by atoms with Crippen molar-refractivity contribution in [1.29, 1.82) is 0 Å². The lowest BCUT2D eigenvalue weighted by Gasteiger charge is -2.14. The molecule has 2 N–H and O–H groups in total. The van der Waals surface area contributed by atoms with Gasteiger partial charge in [0.05, 0.1) is 11.6 Å². The van der Waals surface area contributed by atoms with Crippen molar-refractivity contribution in [3.05, 3.63) is 83.7 Å². The lowest BCUT2D eigenvalue weighted by Crippen LogP contribution is -2.14. The molecule has 0 radical (unpaired) electrons. The molecule has 0 saturated heterocycles. The Morgan fingerprint density at radius 1 is 0.926 bits per heavy atom. The first kappa shape index (κ1) is 18.3. The normalized spacial score (nSPS) is 11.5. The number of nitrogens with one attached hydrogen (secondary N) is 2. The van der Waals surface area contributed by atoms with Gasteiger partial charge in [0.15, 0.2) is 5.78 Å². The lowest BCUT2D eigenvalue weighted by atomic mass is 10.1. The van der Waals surface area contributed by atoms with Gasteiger partial charge < -0.3 is 10.6 Å². The van der Waals surface area contributed by atoms with Gasteiger partial charge in [-0.25, -0.2) is 9.97 Å². The predicted molar refractivity (Wildman–Crippen MR) is 105 cm³/mol. The van der Waals surface area contributed by atoms with Crippen LogP contribution in [0.15, 0.2) is 67.0 Å². The highest BCUT2D eigenvalue weighted by atomic mass is 16.1. The van der Waals surface area contributed by atoms with Crippen LogP contribution in [-0.4, -0.2) is 21.7 Å². The van der Waals surface area contributed by atoms with Crippen LogP contribution in [0.1, 0.15) is 46.2 Å². The van der Waals surface area contributed by atoms with Gasteiger partial charge in [0.2, 0.25) is 5.95 Å². The highest BCUT2D eigenvalue weighted by molar-refractivity contribution is 6.04. The van der Waals surface area contributed by atoms with Crippen LogP contribution in [-0.2, 0) is 0 Å². The van der Waals surface area contributed by atoms with E-state index in [9.17, 15) is 9.59 Å². The summed E-state index contributed by atoms with van der Waals surface area (Å²) in [7, 11) is 0. The number of amides is 1. The van der Waals surface area contributed by atoms with E-state index in [4.69, 9.17) is 0 Å². The smallest absolute Gasteiger partial charge is 0.258 e. The van der Waals surface area contributed by atoms with E-state index in [1.807, 2.05) is 37.3 Å². The first-order chi connectivity index (χ1) is 13.0. The van der Waals surface area contributed by atoms with E-state index in [2.05, 4.69) is 20.6 Å². The SMILES string of the molecule is CC(=O)c1cccc(NC(=O)c2cnc(NC(C)c3ccccc3)nc2)c1. The Balaban J connectivity index is 1.65. The average molecular weight is 360 g/mol. The number of nitrogens with zero attached hydrogens (tertiary/aromatic N) is 2. The predicted octanol–water partition coefficient (Wildman–Crippen LogP) is 4.10. The van der Waals surface area contributed by atoms with E-state index >= 15 is 0 Å².